The van der Waals surface area contributed by atoms with Crippen molar-refractivity contribution >= 4 is 33.4 Å². The summed E-state index contributed by atoms with van der Waals surface area (Å²) >= 11 is 5.95. The topological polar surface area (TPSA) is 104 Å². The lowest BCUT2D eigenvalue weighted by molar-refractivity contribution is 0.0844. The van der Waals surface area contributed by atoms with Gasteiger partial charge in [0.25, 0.3) is 11.8 Å². The van der Waals surface area contributed by atoms with Gasteiger partial charge in [0.15, 0.2) is 0 Å². The highest BCUT2D eigenvalue weighted by Crippen LogP contribution is 2.26. The van der Waals surface area contributed by atoms with Crippen LogP contribution in [0.1, 0.15) is 33.6 Å². The van der Waals surface area contributed by atoms with Gasteiger partial charge in [0, 0.05) is 11.6 Å². The van der Waals surface area contributed by atoms with Gasteiger partial charge in [-0.05, 0) is 43.2 Å². The highest BCUT2D eigenvalue weighted by atomic mass is 35.5. The average Bonchev–Trinajstić information content (AvgIpc) is 3.43. The summed E-state index contributed by atoms with van der Waals surface area (Å²) in [5.41, 5.74) is 3.91. The fourth-order valence-electron chi connectivity index (χ4n) is 2.23. The molecule has 0 bridgehead atoms. The highest BCUT2D eigenvalue weighted by Gasteiger charge is 2.29. The zero-order chi connectivity index (χ0) is 19.6. The SMILES string of the molecule is O=C(NNC(=O)c1ccccc1F)c1ccc(Cl)c(S(=O)(=O)NC2CC2)c1. The van der Waals surface area contributed by atoms with Gasteiger partial charge < -0.3 is 0 Å². The van der Waals surface area contributed by atoms with Crippen LogP contribution in [0, 0.1) is 5.82 Å². The molecule has 7 nitrogen and oxygen atoms in total. The number of sulfonamides is 1. The maximum atomic E-state index is 13.6. The Morgan fingerprint density at radius 1 is 1.04 bits per heavy atom. The summed E-state index contributed by atoms with van der Waals surface area (Å²) in [5, 5.41) is -0.0323. The lowest BCUT2D eigenvalue weighted by Crippen LogP contribution is -2.42. The third-order valence-corrected chi connectivity index (χ3v) is 5.79. The standard InChI is InChI=1S/C17H15ClFN3O4S/c18-13-8-5-10(9-15(13)27(25,26)22-11-6-7-11)16(23)20-21-17(24)12-3-1-2-4-14(12)19/h1-5,8-9,11,22H,6-7H2,(H,20,23)(H,21,24). The van der Waals surface area contributed by atoms with E-state index in [1.807, 2.05) is 0 Å². The molecule has 0 atom stereocenters. The molecular formula is C17H15ClFN3O4S. The summed E-state index contributed by atoms with van der Waals surface area (Å²) in [6.45, 7) is 0. The first-order valence-corrected chi connectivity index (χ1v) is 9.81. The van der Waals surface area contributed by atoms with E-state index in [0.29, 0.717) is 0 Å². The van der Waals surface area contributed by atoms with E-state index in [9.17, 15) is 22.4 Å². The number of hydrazine groups is 1. The molecule has 0 unspecified atom stereocenters. The molecule has 1 aliphatic carbocycles. The quantitative estimate of drug-likeness (QED) is 0.654. The minimum atomic E-state index is -3.86. The van der Waals surface area contributed by atoms with Crippen LogP contribution in [0.5, 0.6) is 0 Å². The molecule has 27 heavy (non-hydrogen) atoms. The number of rotatable bonds is 5. The van der Waals surface area contributed by atoms with Gasteiger partial charge in [-0.1, -0.05) is 23.7 Å². The Hall–Kier alpha value is -2.49. The van der Waals surface area contributed by atoms with Gasteiger partial charge in [-0.15, -0.1) is 0 Å². The zero-order valence-electron chi connectivity index (χ0n) is 13.8. The van der Waals surface area contributed by atoms with E-state index in [1.165, 1.54) is 30.3 Å². The monoisotopic (exact) mass is 411 g/mol. The van der Waals surface area contributed by atoms with Crippen molar-refractivity contribution in [3.05, 3.63) is 64.4 Å². The van der Waals surface area contributed by atoms with Crippen LogP contribution in [0.15, 0.2) is 47.4 Å². The smallest absolute Gasteiger partial charge is 0.267 e. The zero-order valence-corrected chi connectivity index (χ0v) is 15.4. The van der Waals surface area contributed by atoms with Crippen LogP contribution in [0.2, 0.25) is 5.02 Å². The van der Waals surface area contributed by atoms with E-state index in [0.717, 1.165) is 25.0 Å². The third-order valence-electron chi connectivity index (χ3n) is 3.79. The number of carbonyl (C=O) groups is 2. The van der Waals surface area contributed by atoms with Crippen LogP contribution < -0.4 is 15.6 Å². The molecule has 2 amide bonds. The second-order valence-electron chi connectivity index (χ2n) is 5.93. The first-order chi connectivity index (χ1) is 12.8. The number of nitrogens with one attached hydrogen (secondary N) is 3. The fourth-order valence-corrected chi connectivity index (χ4v) is 4.06. The number of carbonyl (C=O) groups excluding carboxylic acids is 2. The first-order valence-electron chi connectivity index (χ1n) is 7.95. The Labute approximate surface area is 159 Å². The molecule has 0 heterocycles. The van der Waals surface area contributed by atoms with Crippen LogP contribution in [0.25, 0.3) is 0 Å². The number of hydrogen-bond donors (Lipinski definition) is 3. The van der Waals surface area contributed by atoms with Crippen LogP contribution in [0.3, 0.4) is 0 Å². The highest BCUT2D eigenvalue weighted by molar-refractivity contribution is 7.89. The summed E-state index contributed by atoms with van der Waals surface area (Å²) in [6, 6.07) is 8.84. The summed E-state index contributed by atoms with van der Waals surface area (Å²) in [6.07, 6.45) is 1.50. The Balaban J connectivity index is 1.72. The van der Waals surface area contributed by atoms with Crippen molar-refractivity contribution in [3.8, 4) is 0 Å². The lowest BCUT2D eigenvalue weighted by atomic mass is 10.2. The Morgan fingerprint density at radius 2 is 1.70 bits per heavy atom. The van der Waals surface area contributed by atoms with Crippen molar-refractivity contribution in [1.82, 2.24) is 15.6 Å². The molecular weight excluding hydrogens is 397 g/mol. The van der Waals surface area contributed by atoms with Gasteiger partial charge in [0.2, 0.25) is 10.0 Å². The van der Waals surface area contributed by atoms with E-state index < -0.39 is 27.7 Å². The van der Waals surface area contributed by atoms with E-state index in [4.69, 9.17) is 11.6 Å². The van der Waals surface area contributed by atoms with E-state index in [1.54, 1.807) is 0 Å². The van der Waals surface area contributed by atoms with Crippen molar-refractivity contribution in [2.45, 2.75) is 23.8 Å². The molecule has 0 radical (unpaired) electrons. The van der Waals surface area contributed by atoms with Gasteiger partial charge >= 0.3 is 0 Å². The van der Waals surface area contributed by atoms with Gasteiger partial charge in [0.05, 0.1) is 10.6 Å². The van der Waals surface area contributed by atoms with Crippen LogP contribution >= 0.6 is 11.6 Å². The van der Waals surface area contributed by atoms with Gasteiger partial charge in [-0.25, -0.2) is 17.5 Å². The minimum absolute atomic E-state index is 0.0323. The molecule has 2 aromatic carbocycles. The van der Waals surface area contributed by atoms with E-state index in [-0.39, 0.29) is 27.1 Å². The number of hydrogen-bond acceptors (Lipinski definition) is 4. The van der Waals surface area contributed by atoms with Gasteiger partial charge in [-0.3, -0.25) is 20.4 Å². The van der Waals surface area contributed by atoms with Crippen molar-refractivity contribution in [2.24, 2.45) is 0 Å². The molecule has 3 N–H and O–H groups in total. The number of amides is 2. The molecule has 3 rings (SSSR count). The summed E-state index contributed by atoms with van der Waals surface area (Å²) in [7, 11) is -3.86. The molecule has 2 aromatic rings. The van der Waals surface area contributed by atoms with Gasteiger partial charge in [-0.2, -0.15) is 0 Å². The summed E-state index contributed by atoms with van der Waals surface area (Å²) < 4.78 is 40.7. The van der Waals surface area contributed by atoms with E-state index >= 15 is 0 Å². The average molecular weight is 412 g/mol. The predicted molar refractivity (Wildman–Crippen MR) is 96.1 cm³/mol. The van der Waals surface area contributed by atoms with Crippen molar-refractivity contribution in [1.29, 1.82) is 0 Å². The molecule has 0 aromatic heterocycles. The first kappa shape index (κ1) is 19.3. The predicted octanol–water partition coefficient (Wildman–Crippen LogP) is 1.99. The second kappa shape index (κ2) is 7.63. The van der Waals surface area contributed by atoms with Gasteiger partial charge in [0.1, 0.15) is 10.7 Å². The maximum Gasteiger partial charge on any atom is 0.272 e. The lowest BCUT2D eigenvalue weighted by Gasteiger charge is -2.11. The molecule has 0 aliphatic heterocycles. The van der Waals surface area contributed by atoms with Crippen LogP contribution in [-0.4, -0.2) is 26.3 Å². The largest absolute Gasteiger partial charge is 0.272 e. The molecule has 10 heteroatoms. The molecule has 1 fully saturated rings. The fraction of sp³-hybridized carbons (Fsp3) is 0.176. The molecule has 0 saturated heterocycles. The van der Waals surface area contributed by atoms with E-state index in [2.05, 4.69) is 15.6 Å². The Bertz CT molecular complexity index is 1010. The molecule has 0 spiro atoms. The van der Waals surface area contributed by atoms with Crippen LogP contribution in [-0.2, 0) is 10.0 Å². The Morgan fingerprint density at radius 3 is 2.37 bits per heavy atom. The normalized spacial score (nSPS) is 13.9. The molecule has 1 saturated carbocycles. The van der Waals surface area contributed by atoms with Crippen molar-refractivity contribution in [2.75, 3.05) is 0 Å². The second-order valence-corrected chi connectivity index (χ2v) is 8.02. The van der Waals surface area contributed by atoms with Crippen molar-refractivity contribution in [3.63, 3.8) is 0 Å². The summed E-state index contributed by atoms with van der Waals surface area (Å²) in [4.78, 5) is 23.9. The minimum Gasteiger partial charge on any atom is -0.267 e. The maximum absolute atomic E-state index is 13.6. The summed E-state index contributed by atoms with van der Waals surface area (Å²) in [5.74, 6) is -2.37. The van der Waals surface area contributed by atoms with Crippen molar-refractivity contribution < 1.29 is 22.4 Å². The molecule has 142 valence electrons. The third kappa shape index (κ3) is 4.62. The van der Waals surface area contributed by atoms with Crippen LogP contribution in [0.4, 0.5) is 4.39 Å². The molecule has 1 aliphatic rings. The Kier molecular flexibility index (Phi) is 5.45. The number of benzene rings is 2. The number of halogens is 2.